The van der Waals surface area contributed by atoms with Crippen LogP contribution in [0.2, 0.25) is 0 Å². The van der Waals surface area contributed by atoms with E-state index in [0.717, 1.165) is 24.3 Å². The highest BCUT2D eigenvalue weighted by Gasteiger charge is 2.34. The molecule has 8 heteroatoms. The SMILES string of the molecule is Nc1ccc(Cc2ccc(N)c(C(F)(F)F)c2)cc1C(F)(F)F. The predicted molar refractivity (Wildman–Crippen MR) is 74.5 cm³/mol. The molecule has 0 spiro atoms. The zero-order valence-corrected chi connectivity index (χ0v) is 11.6. The first-order valence-electron chi connectivity index (χ1n) is 6.39. The van der Waals surface area contributed by atoms with Crippen molar-refractivity contribution < 1.29 is 26.3 Å². The van der Waals surface area contributed by atoms with Crippen molar-refractivity contribution in [2.75, 3.05) is 11.5 Å². The van der Waals surface area contributed by atoms with E-state index >= 15 is 0 Å². The van der Waals surface area contributed by atoms with Crippen molar-refractivity contribution in [2.24, 2.45) is 0 Å². The Hall–Kier alpha value is -2.38. The Kier molecular flexibility index (Phi) is 4.19. The standard InChI is InChI=1S/C15H12F6N2/c16-14(17,18)10-6-8(1-3-12(10)22)5-9-2-4-13(23)11(7-9)15(19,20)21/h1-4,6-7H,5,22-23H2. The van der Waals surface area contributed by atoms with E-state index in [4.69, 9.17) is 11.5 Å². The quantitative estimate of drug-likeness (QED) is 0.628. The van der Waals surface area contributed by atoms with Crippen LogP contribution < -0.4 is 11.5 Å². The van der Waals surface area contributed by atoms with Crippen molar-refractivity contribution in [3.8, 4) is 0 Å². The Morgan fingerprint density at radius 3 is 1.30 bits per heavy atom. The molecule has 0 saturated heterocycles. The monoisotopic (exact) mass is 334 g/mol. The van der Waals surface area contributed by atoms with Gasteiger partial charge in [0.25, 0.3) is 0 Å². The van der Waals surface area contributed by atoms with Crippen LogP contribution in [-0.4, -0.2) is 0 Å². The normalized spacial score (nSPS) is 12.4. The molecule has 124 valence electrons. The number of benzene rings is 2. The number of nitrogens with two attached hydrogens (primary N) is 2. The lowest BCUT2D eigenvalue weighted by Gasteiger charge is -2.14. The van der Waals surface area contributed by atoms with Crippen LogP contribution in [0.15, 0.2) is 36.4 Å². The van der Waals surface area contributed by atoms with Crippen LogP contribution >= 0.6 is 0 Å². The second-order valence-electron chi connectivity index (χ2n) is 5.02. The first-order chi connectivity index (χ1) is 10.5. The summed E-state index contributed by atoms with van der Waals surface area (Å²) in [5.74, 6) is 0. The third-order valence-corrected chi connectivity index (χ3v) is 3.25. The minimum atomic E-state index is -4.63. The lowest BCUT2D eigenvalue weighted by molar-refractivity contribution is -0.137. The minimum absolute atomic E-state index is 0.104. The molecule has 0 aliphatic carbocycles. The van der Waals surface area contributed by atoms with E-state index in [9.17, 15) is 26.3 Å². The van der Waals surface area contributed by atoms with Gasteiger partial charge in [-0.15, -0.1) is 0 Å². The number of anilines is 2. The Labute approximate surface area is 127 Å². The van der Waals surface area contributed by atoms with E-state index < -0.39 is 34.9 Å². The van der Waals surface area contributed by atoms with Gasteiger partial charge in [0.05, 0.1) is 11.1 Å². The van der Waals surface area contributed by atoms with Crippen LogP contribution in [0, 0.1) is 0 Å². The maximum absolute atomic E-state index is 12.8. The smallest absolute Gasteiger partial charge is 0.398 e. The number of hydrogen-bond acceptors (Lipinski definition) is 2. The summed E-state index contributed by atoms with van der Waals surface area (Å²) in [5, 5.41) is 0. The number of hydrogen-bond donors (Lipinski definition) is 2. The summed E-state index contributed by atoms with van der Waals surface area (Å²) in [6, 6.07) is 6.51. The molecular weight excluding hydrogens is 322 g/mol. The van der Waals surface area contributed by atoms with Gasteiger partial charge in [0.2, 0.25) is 0 Å². The van der Waals surface area contributed by atoms with Gasteiger partial charge in [0.15, 0.2) is 0 Å². The number of halogens is 6. The van der Waals surface area contributed by atoms with Gasteiger partial charge in [0, 0.05) is 11.4 Å². The molecule has 0 heterocycles. The van der Waals surface area contributed by atoms with Crippen molar-refractivity contribution >= 4 is 11.4 Å². The van der Waals surface area contributed by atoms with Crippen LogP contribution in [0.25, 0.3) is 0 Å². The molecule has 0 unspecified atom stereocenters. The highest BCUT2D eigenvalue weighted by Crippen LogP contribution is 2.36. The summed E-state index contributed by atoms with van der Waals surface area (Å²) in [4.78, 5) is 0. The Bertz CT molecular complexity index is 657. The highest BCUT2D eigenvalue weighted by atomic mass is 19.4. The third-order valence-electron chi connectivity index (χ3n) is 3.25. The molecule has 2 aromatic carbocycles. The zero-order chi connectivity index (χ0) is 17.4. The average Bonchev–Trinajstić information content (AvgIpc) is 2.40. The summed E-state index contributed by atoms with van der Waals surface area (Å²) >= 11 is 0. The van der Waals surface area contributed by atoms with Crippen molar-refractivity contribution in [2.45, 2.75) is 18.8 Å². The van der Waals surface area contributed by atoms with E-state index in [1.54, 1.807) is 0 Å². The molecule has 2 aromatic rings. The third kappa shape index (κ3) is 3.88. The maximum atomic E-state index is 12.8. The van der Waals surface area contributed by atoms with E-state index in [2.05, 4.69) is 0 Å². The first kappa shape index (κ1) is 17.0. The van der Waals surface area contributed by atoms with Gasteiger partial charge in [-0.3, -0.25) is 0 Å². The van der Waals surface area contributed by atoms with Gasteiger partial charge < -0.3 is 11.5 Å². The molecule has 0 radical (unpaired) electrons. The van der Waals surface area contributed by atoms with Crippen LogP contribution in [-0.2, 0) is 18.8 Å². The molecule has 0 amide bonds. The molecular formula is C15H12F6N2. The highest BCUT2D eigenvalue weighted by molar-refractivity contribution is 5.53. The van der Waals surface area contributed by atoms with Gasteiger partial charge in [-0.05, 0) is 41.8 Å². The molecule has 0 aromatic heterocycles. The Morgan fingerprint density at radius 1 is 0.652 bits per heavy atom. The number of alkyl halides is 6. The molecule has 0 bridgehead atoms. The molecule has 0 aliphatic heterocycles. The second kappa shape index (κ2) is 5.68. The van der Waals surface area contributed by atoms with Crippen molar-refractivity contribution in [1.82, 2.24) is 0 Å². The summed E-state index contributed by atoms with van der Waals surface area (Å²) in [7, 11) is 0. The van der Waals surface area contributed by atoms with Crippen LogP contribution in [0.3, 0.4) is 0 Å². The summed E-state index contributed by atoms with van der Waals surface area (Å²) in [5.41, 5.74) is 8.07. The fourth-order valence-corrected chi connectivity index (χ4v) is 2.15. The molecule has 0 fully saturated rings. The fraction of sp³-hybridized carbons (Fsp3) is 0.200. The molecule has 23 heavy (non-hydrogen) atoms. The maximum Gasteiger partial charge on any atom is 0.418 e. The first-order valence-corrected chi connectivity index (χ1v) is 6.39. The van der Waals surface area contributed by atoms with E-state index in [1.807, 2.05) is 0 Å². The van der Waals surface area contributed by atoms with Crippen LogP contribution in [0.1, 0.15) is 22.3 Å². The van der Waals surface area contributed by atoms with Crippen LogP contribution in [0.5, 0.6) is 0 Å². The summed E-state index contributed by atoms with van der Waals surface area (Å²) in [6.07, 6.45) is -9.36. The van der Waals surface area contributed by atoms with Crippen molar-refractivity contribution in [3.63, 3.8) is 0 Å². The largest absolute Gasteiger partial charge is 0.418 e. The second-order valence-corrected chi connectivity index (χ2v) is 5.02. The van der Waals surface area contributed by atoms with Gasteiger partial charge in [0.1, 0.15) is 0 Å². The van der Waals surface area contributed by atoms with Gasteiger partial charge in [-0.1, -0.05) is 12.1 Å². The summed E-state index contributed by atoms with van der Waals surface area (Å²) in [6.45, 7) is 0. The molecule has 2 rings (SSSR count). The van der Waals surface area contributed by atoms with E-state index in [-0.39, 0.29) is 17.5 Å². The van der Waals surface area contributed by atoms with Crippen molar-refractivity contribution in [1.29, 1.82) is 0 Å². The lowest BCUT2D eigenvalue weighted by Crippen LogP contribution is -2.10. The lowest BCUT2D eigenvalue weighted by atomic mass is 9.99. The average molecular weight is 334 g/mol. The zero-order valence-electron chi connectivity index (χ0n) is 11.6. The fourth-order valence-electron chi connectivity index (χ4n) is 2.15. The van der Waals surface area contributed by atoms with E-state index in [0.29, 0.717) is 0 Å². The molecule has 0 saturated carbocycles. The summed E-state index contributed by atoms with van der Waals surface area (Å²) < 4.78 is 76.8. The molecule has 0 atom stereocenters. The predicted octanol–water partition coefficient (Wildman–Crippen LogP) is 4.48. The van der Waals surface area contributed by atoms with Crippen LogP contribution in [0.4, 0.5) is 37.7 Å². The van der Waals surface area contributed by atoms with Gasteiger partial charge in [-0.2, -0.15) is 26.3 Å². The van der Waals surface area contributed by atoms with Crippen molar-refractivity contribution in [3.05, 3.63) is 58.7 Å². The Morgan fingerprint density at radius 2 is 1.00 bits per heavy atom. The van der Waals surface area contributed by atoms with E-state index in [1.165, 1.54) is 12.1 Å². The topological polar surface area (TPSA) is 52.0 Å². The molecule has 0 aliphatic rings. The number of nitrogen functional groups attached to an aromatic ring is 2. The number of rotatable bonds is 2. The molecule has 4 N–H and O–H groups in total. The molecule has 2 nitrogen and oxygen atoms in total. The Balaban J connectivity index is 2.37. The minimum Gasteiger partial charge on any atom is -0.398 e. The van der Waals surface area contributed by atoms with Gasteiger partial charge in [-0.25, -0.2) is 0 Å². The van der Waals surface area contributed by atoms with Gasteiger partial charge >= 0.3 is 12.4 Å².